The van der Waals surface area contributed by atoms with Crippen molar-refractivity contribution in [2.24, 2.45) is 0 Å². The largest absolute Gasteiger partial charge is 0.508 e. The molecule has 1 aliphatic heterocycles. The molecular formula is C21H26N2O. The maximum absolute atomic E-state index is 9.88. The van der Waals surface area contributed by atoms with E-state index in [0.717, 1.165) is 13.0 Å². The Balaban J connectivity index is 1.46. The second-order valence-corrected chi connectivity index (χ2v) is 7.47. The van der Waals surface area contributed by atoms with Crippen molar-refractivity contribution in [2.45, 2.75) is 50.0 Å². The Kier molecular flexibility index (Phi) is 4.28. The van der Waals surface area contributed by atoms with Crippen LogP contribution in [0, 0.1) is 0 Å². The van der Waals surface area contributed by atoms with E-state index in [0.29, 0.717) is 11.8 Å². The summed E-state index contributed by atoms with van der Waals surface area (Å²) in [5.41, 5.74) is 3.01. The minimum Gasteiger partial charge on any atom is -0.508 e. The van der Waals surface area contributed by atoms with Crippen molar-refractivity contribution in [1.82, 2.24) is 9.88 Å². The zero-order valence-electron chi connectivity index (χ0n) is 14.2. The monoisotopic (exact) mass is 322 g/mol. The van der Waals surface area contributed by atoms with Gasteiger partial charge in [-0.2, -0.15) is 0 Å². The van der Waals surface area contributed by atoms with Crippen molar-refractivity contribution in [3.63, 3.8) is 0 Å². The molecular weight excluding hydrogens is 296 g/mol. The van der Waals surface area contributed by atoms with Crippen LogP contribution in [-0.2, 0) is 11.8 Å². The zero-order chi connectivity index (χ0) is 16.4. The number of phenols is 1. The van der Waals surface area contributed by atoms with Crippen LogP contribution in [0.1, 0.15) is 43.2 Å². The topological polar surface area (TPSA) is 36.4 Å². The Morgan fingerprint density at radius 1 is 1.17 bits per heavy atom. The normalized spacial score (nSPS) is 27.1. The molecule has 3 heteroatoms. The summed E-state index contributed by atoms with van der Waals surface area (Å²) in [6, 6.07) is 12.9. The number of pyridine rings is 1. The number of hydrogen-bond acceptors (Lipinski definition) is 3. The number of phenolic OH excluding ortho intramolecular Hbond substituents is 1. The highest BCUT2D eigenvalue weighted by Crippen LogP contribution is 2.47. The molecule has 1 aliphatic carbocycles. The third-order valence-electron chi connectivity index (χ3n) is 6.11. The van der Waals surface area contributed by atoms with Crippen LogP contribution in [0.4, 0.5) is 0 Å². The third kappa shape index (κ3) is 3.05. The molecule has 1 N–H and O–H groups in total. The van der Waals surface area contributed by atoms with Crippen molar-refractivity contribution >= 4 is 0 Å². The molecule has 1 aromatic carbocycles. The summed E-state index contributed by atoms with van der Waals surface area (Å²) >= 11 is 0. The molecule has 2 bridgehead atoms. The van der Waals surface area contributed by atoms with Crippen LogP contribution in [0.2, 0.25) is 0 Å². The molecule has 2 aliphatic rings. The number of aromatic nitrogens is 1. The minimum absolute atomic E-state index is 0.287. The smallest absolute Gasteiger partial charge is 0.115 e. The van der Waals surface area contributed by atoms with E-state index in [1.165, 1.54) is 49.8 Å². The first-order valence-corrected chi connectivity index (χ1v) is 9.18. The SMILES string of the molecule is Oc1cccc([C@@]23CCC[C@@H](C2)N(CCc2ccncc2)CC3)c1. The van der Waals surface area contributed by atoms with Gasteiger partial charge in [0.25, 0.3) is 0 Å². The van der Waals surface area contributed by atoms with Crippen LogP contribution in [0.3, 0.4) is 0 Å². The van der Waals surface area contributed by atoms with E-state index in [-0.39, 0.29) is 5.41 Å². The van der Waals surface area contributed by atoms with E-state index in [2.05, 4.69) is 28.1 Å². The zero-order valence-corrected chi connectivity index (χ0v) is 14.2. The number of fused-ring (bicyclic) bond motifs is 2. The van der Waals surface area contributed by atoms with Crippen LogP contribution in [0.5, 0.6) is 5.75 Å². The lowest BCUT2D eigenvalue weighted by molar-refractivity contribution is 0.0524. The Morgan fingerprint density at radius 2 is 2.04 bits per heavy atom. The fraction of sp³-hybridized carbons (Fsp3) is 0.476. The van der Waals surface area contributed by atoms with Gasteiger partial charge in [-0.15, -0.1) is 0 Å². The first kappa shape index (κ1) is 15.6. The number of nitrogens with zero attached hydrogens (tertiary/aromatic N) is 2. The molecule has 0 unspecified atom stereocenters. The van der Waals surface area contributed by atoms with E-state index in [9.17, 15) is 5.11 Å². The number of rotatable bonds is 4. The highest BCUT2D eigenvalue weighted by atomic mass is 16.3. The molecule has 2 heterocycles. The number of benzene rings is 1. The lowest BCUT2D eigenvalue weighted by Gasteiger charge is -2.51. The molecule has 2 fully saturated rings. The average molecular weight is 322 g/mol. The molecule has 2 aromatic rings. The van der Waals surface area contributed by atoms with Gasteiger partial charge in [0, 0.05) is 25.0 Å². The van der Waals surface area contributed by atoms with Crippen molar-refractivity contribution in [3.8, 4) is 5.75 Å². The lowest BCUT2D eigenvalue weighted by atomic mass is 9.63. The molecule has 2 atom stereocenters. The van der Waals surface area contributed by atoms with Crippen molar-refractivity contribution in [3.05, 3.63) is 59.9 Å². The predicted molar refractivity (Wildman–Crippen MR) is 96.2 cm³/mol. The van der Waals surface area contributed by atoms with Crippen LogP contribution in [0.25, 0.3) is 0 Å². The van der Waals surface area contributed by atoms with Crippen molar-refractivity contribution < 1.29 is 5.11 Å². The van der Waals surface area contributed by atoms with E-state index in [1.54, 1.807) is 6.07 Å². The van der Waals surface area contributed by atoms with Gasteiger partial charge in [-0.05, 0) is 79.5 Å². The Labute approximate surface area is 144 Å². The average Bonchev–Trinajstić information content (AvgIpc) is 2.62. The standard InChI is InChI=1S/C21H26N2O/c24-20-5-1-3-18(15-20)21-9-2-4-19(16-21)23(14-10-21)13-8-17-6-11-22-12-7-17/h1,3,5-7,11-12,15,19,24H,2,4,8-10,13-14,16H2/t19-,21+/m0/s1. The molecule has 4 rings (SSSR count). The number of aromatic hydroxyl groups is 1. The van der Waals surface area contributed by atoms with E-state index < -0.39 is 0 Å². The van der Waals surface area contributed by atoms with E-state index in [1.807, 2.05) is 24.5 Å². The van der Waals surface area contributed by atoms with Crippen LogP contribution >= 0.6 is 0 Å². The van der Waals surface area contributed by atoms with Gasteiger partial charge in [0.2, 0.25) is 0 Å². The maximum Gasteiger partial charge on any atom is 0.115 e. The van der Waals surface area contributed by atoms with Crippen LogP contribution in [0.15, 0.2) is 48.8 Å². The summed E-state index contributed by atoms with van der Waals surface area (Å²) in [6.45, 7) is 2.32. The van der Waals surface area contributed by atoms with Gasteiger partial charge in [-0.25, -0.2) is 0 Å². The first-order chi connectivity index (χ1) is 11.8. The van der Waals surface area contributed by atoms with Gasteiger partial charge in [0.05, 0.1) is 0 Å². The Hall–Kier alpha value is -1.87. The highest BCUT2D eigenvalue weighted by molar-refractivity contribution is 5.34. The van der Waals surface area contributed by atoms with Gasteiger partial charge in [-0.3, -0.25) is 9.88 Å². The fourth-order valence-electron chi connectivity index (χ4n) is 4.77. The van der Waals surface area contributed by atoms with Crippen LogP contribution < -0.4 is 0 Å². The highest BCUT2D eigenvalue weighted by Gasteiger charge is 2.43. The summed E-state index contributed by atoms with van der Waals surface area (Å²) in [6.07, 6.45) is 11.2. The second-order valence-electron chi connectivity index (χ2n) is 7.47. The predicted octanol–water partition coefficient (Wildman–Crippen LogP) is 3.92. The first-order valence-electron chi connectivity index (χ1n) is 9.18. The molecule has 1 saturated carbocycles. The molecule has 0 radical (unpaired) electrons. The van der Waals surface area contributed by atoms with Crippen molar-refractivity contribution in [2.75, 3.05) is 13.1 Å². The van der Waals surface area contributed by atoms with Gasteiger partial charge in [0.1, 0.15) is 5.75 Å². The minimum atomic E-state index is 0.287. The van der Waals surface area contributed by atoms with Gasteiger partial charge < -0.3 is 5.11 Å². The molecule has 0 amide bonds. The van der Waals surface area contributed by atoms with Gasteiger partial charge in [-0.1, -0.05) is 18.6 Å². The van der Waals surface area contributed by atoms with E-state index >= 15 is 0 Å². The van der Waals surface area contributed by atoms with Gasteiger partial charge in [0.15, 0.2) is 0 Å². The molecule has 3 nitrogen and oxygen atoms in total. The lowest BCUT2D eigenvalue weighted by Crippen LogP contribution is -2.52. The quantitative estimate of drug-likeness (QED) is 0.927. The van der Waals surface area contributed by atoms with Crippen molar-refractivity contribution in [1.29, 1.82) is 0 Å². The third-order valence-corrected chi connectivity index (χ3v) is 6.11. The number of piperidine rings is 1. The van der Waals surface area contributed by atoms with Gasteiger partial charge >= 0.3 is 0 Å². The number of hydrogen-bond donors (Lipinski definition) is 1. The molecule has 1 aromatic heterocycles. The van der Waals surface area contributed by atoms with E-state index in [4.69, 9.17) is 0 Å². The Bertz CT molecular complexity index is 687. The summed E-state index contributed by atoms with van der Waals surface area (Å²) in [5, 5.41) is 9.88. The van der Waals surface area contributed by atoms with Crippen LogP contribution in [-0.4, -0.2) is 34.1 Å². The summed E-state index contributed by atoms with van der Waals surface area (Å²) in [4.78, 5) is 6.80. The molecule has 0 spiro atoms. The molecule has 1 saturated heterocycles. The maximum atomic E-state index is 9.88. The summed E-state index contributed by atoms with van der Waals surface area (Å²) in [5.74, 6) is 0.407. The number of likely N-dealkylation sites (tertiary alicyclic amines) is 1. The second kappa shape index (κ2) is 6.56. The summed E-state index contributed by atoms with van der Waals surface area (Å²) in [7, 11) is 0. The fourth-order valence-corrected chi connectivity index (χ4v) is 4.77. The molecule has 24 heavy (non-hydrogen) atoms. The Morgan fingerprint density at radius 3 is 2.88 bits per heavy atom. The molecule has 126 valence electrons. The summed E-state index contributed by atoms with van der Waals surface area (Å²) < 4.78 is 0.